The molecule has 0 aromatic heterocycles. The van der Waals surface area contributed by atoms with Crippen molar-refractivity contribution < 1.29 is 35.5 Å². The van der Waals surface area contributed by atoms with Crippen LogP contribution >= 0.6 is 0 Å². The maximum atomic E-state index is 15.2. The number of hydrogen-bond acceptors (Lipinski definition) is 1. The first-order chi connectivity index (χ1) is 11.8. The molecule has 0 heterocycles. The topological polar surface area (TPSA) is 9.23 Å². The minimum atomic E-state index is -3.32. The van der Waals surface area contributed by atoms with Crippen LogP contribution in [0.5, 0.6) is 5.75 Å². The maximum Gasteiger partial charge on any atom is 0.261 e. The summed E-state index contributed by atoms with van der Waals surface area (Å²) in [5.74, 6) is -15.9. The highest BCUT2D eigenvalue weighted by Crippen LogP contribution is 2.54. The van der Waals surface area contributed by atoms with Crippen LogP contribution in [0.2, 0.25) is 0 Å². The summed E-state index contributed by atoms with van der Waals surface area (Å²) in [6.07, 6.45) is 0.133. The third-order valence-corrected chi connectivity index (χ3v) is 5.56. The van der Waals surface area contributed by atoms with E-state index in [-0.39, 0.29) is 19.3 Å². The third kappa shape index (κ3) is 3.39. The molecular formula is C18H23F7O. The molecule has 0 saturated heterocycles. The molecule has 0 fully saturated rings. The molecule has 0 bridgehead atoms. The molecule has 8 heteroatoms. The van der Waals surface area contributed by atoms with E-state index < -0.39 is 58.2 Å². The van der Waals surface area contributed by atoms with Crippen molar-refractivity contribution in [2.24, 2.45) is 10.8 Å². The van der Waals surface area contributed by atoms with Gasteiger partial charge >= 0.3 is 0 Å². The van der Waals surface area contributed by atoms with Crippen LogP contribution in [-0.4, -0.2) is 12.5 Å². The first-order valence-corrected chi connectivity index (χ1v) is 8.35. The quantitative estimate of drug-likeness (QED) is 0.276. The van der Waals surface area contributed by atoms with E-state index in [0.717, 1.165) is 0 Å². The van der Waals surface area contributed by atoms with Crippen LogP contribution in [0.15, 0.2) is 0 Å². The van der Waals surface area contributed by atoms with Gasteiger partial charge in [-0.1, -0.05) is 34.6 Å². The number of benzene rings is 1. The van der Waals surface area contributed by atoms with Gasteiger partial charge in [0.2, 0.25) is 29.1 Å². The van der Waals surface area contributed by atoms with Gasteiger partial charge in [0, 0.05) is 5.41 Å². The Morgan fingerprint density at radius 1 is 0.654 bits per heavy atom. The fraction of sp³-hybridized carbons (Fsp3) is 0.667. The van der Waals surface area contributed by atoms with Crippen molar-refractivity contribution in [1.29, 1.82) is 0 Å². The van der Waals surface area contributed by atoms with Crippen molar-refractivity contribution >= 4 is 0 Å². The summed E-state index contributed by atoms with van der Waals surface area (Å²) in [6, 6.07) is 0. The minimum Gasteiger partial charge on any atom is -0.487 e. The Balaban J connectivity index is 3.29. The highest BCUT2D eigenvalue weighted by Gasteiger charge is 2.59. The first kappa shape index (κ1) is 22.6. The van der Waals surface area contributed by atoms with Crippen LogP contribution in [0.25, 0.3) is 0 Å². The van der Waals surface area contributed by atoms with Gasteiger partial charge in [-0.2, -0.15) is 8.78 Å². The van der Waals surface area contributed by atoms with Crippen LogP contribution < -0.4 is 4.74 Å². The van der Waals surface area contributed by atoms with E-state index in [2.05, 4.69) is 0 Å². The fourth-order valence-electron chi connectivity index (χ4n) is 2.78. The summed E-state index contributed by atoms with van der Waals surface area (Å²) in [6.45, 7) is 6.28. The molecule has 1 rings (SSSR count). The molecule has 1 unspecified atom stereocenters. The van der Waals surface area contributed by atoms with E-state index in [1.54, 1.807) is 13.8 Å². The van der Waals surface area contributed by atoms with E-state index in [1.165, 1.54) is 20.8 Å². The minimum absolute atomic E-state index is 0.134. The van der Waals surface area contributed by atoms with Gasteiger partial charge < -0.3 is 4.74 Å². The Hall–Kier alpha value is -1.47. The molecule has 0 saturated carbocycles. The molecule has 0 aliphatic carbocycles. The fourth-order valence-corrected chi connectivity index (χ4v) is 2.78. The van der Waals surface area contributed by atoms with Crippen LogP contribution in [0, 0.1) is 39.9 Å². The second kappa shape index (κ2) is 7.64. The number of hydrogen-bond donors (Lipinski definition) is 0. The van der Waals surface area contributed by atoms with Crippen LogP contribution in [0.1, 0.15) is 53.9 Å². The maximum absolute atomic E-state index is 15.2. The van der Waals surface area contributed by atoms with Gasteiger partial charge in [0.25, 0.3) is 5.92 Å². The average molecular weight is 388 g/mol. The van der Waals surface area contributed by atoms with Gasteiger partial charge in [-0.15, -0.1) is 0 Å². The zero-order chi connectivity index (χ0) is 20.5. The average Bonchev–Trinajstić information content (AvgIpc) is 2.63. The van der Waals surface area contributed by atoms with Crippen molar-refractivity contribution in [1.82, 2.24) is 0 Å². The van der Waals surface area contributed by atoms with E-state index in [0.29, 0.717) is 0 Å². The second-order valence-electron chi connectivity index (χ2n) is 6.94. The number of rotatable bonds is 8. The summed E-state index contributed by atoms with van der Waals surface area (Å²) < 4.78 is 102. The van der Waals surface area contributed by atoms with Gasteiger partial charge in [-0.3, -0.25) is 0 Å². The van der Waals surface area contributed by atoms with Gasteiger partial charge in [0.1, 0.15) is 0 Å². The van der Waals surface area contributed by atoms with E-state index in [4.69, 9.17) is 4.74 Å². The molecule has 0 spiro atoms. The molecular weight excluding hydrogens is 365 g/mol. The van der Waals surface area contributed by atoms with E-state index in [1.807, 2.05) is 0 Å². The van der Waals surface area contributed by atoms with Crippen LogP contribution in [-0.2, 0) is 0 Å². The Morgan fingerprint density at radius 3 is 1.35 bits per heavy atom. The van der Waals surface area contributed by atoms with Crippen molar-refractivity contribution in [3.8, 4) is 5.75 Å². The lowest BCUT2D eigenvalue weighted by molar-refractivity contribution is -0.212. The standard InChI is InChI=1S/C18H23F7O/c1-6-16(4,7-2)18(24,25)17(5,8-3)9-26-15-13(22)11(20)10(19)12(21)14(15)23/h6-9H2,1-5H3. The molecule has 0 amide bonds. The summed E-state index contributed by atoms with van der Waals surface area (Å²) in [5, 5.41) is 0. The van der Waals surface area contributed by atoms with E-state index in [9.17, 15) is 22.0 Å². The van der Waals surface area contributed by atoms with Gasteiger partial charge in [-0.25, -0.2) is 22.0 Å². The Labute approximate surface area is 148 Å². The number of alkyl halides is 2. The third-order valence-electron chi connectivity index (χ3n) is 5.56. The molecule has 0 radical (unpaired) electrons. The van der Waals surface area contributed by atoms with Crippen molar-refractivity contribution in [2.75, 3.05) is 6.61 Å². The highest BCUT2D eigenvalue weighted by atomic mass is 19.3. The van der Waals surface area contributed by atoms with Crippen molar-refractivity contribution in [2.45, 2.75) is 59.8 Å². The Kier molecular flexibility index (Phi) is 6.64. The molecule has 0 aliphatic heterocycles. The predicted octanol–water partition coefficient (Wildman–Crippen LogP) is 6.64. The normalized spacial score (nSPS) is 15.1. The lowest BCUT2D eigenvalue weighted by atomic mass is 9.65. The Bertz CT molecular complexity index is 626. The van der Waals surface area contributed by atoms with Gasteiger partial charge in [0.05, 0.1) is 12.0 Å². The lowest BCUT2D eigenvalue weighted by Gasteiger charge is -2.46. The van der Waals surface area contributed by atoms with Crippen LogP contribution in [0.4, 0.5) is 30.7 Å². The summed E-state index contributed by atoms with van der Waals surface area (Å²) in [7, 11) is 0. The van der Waals surface area contributed by atoms with Crippen LogP contribution in [0.3, 0.4) is 0 Å². The Morgan fingerprint density at radius 2 is 1.00 bits per heavy atom. The zero-order valence-electron chi connectivity index (χ0n) is 15.4. The molecule has 1 atom stereocenters. The number of ether oxygens (including phenoxy) is 1. The molecule has 1 aromatic rings. The second-order valence-corrected chi connectivity index (χ2v) is 6.94. The van der Waals surface area contributed by atoms with Gasteiger partial charge in [0.15, 0.2) is 5.75 Å². The largest absolute Gasteiger partial charge is 0.487 e. The molecule has 26 heavy (non-hydrogen) atoms. The summed E-state index contributed by atoms with van der Waals surface area (Å²) >= 11 is 0. The first-order valence-electron chi connectivity index (χ1n) is 8.35. The smallest absolute Gasteiger partial charge is 0.261 e. The SMILES string of the molecule is CCC(C)(CC)C(F)(F)C(C)(CC)COc1c(F)c(F)c(F)c(F)c1F. The zero-order valence-corrected chi connectivity index (χ0v) is 15.4. The van der Waals surface area contributed by atoms with E-state index >= 15 is 8.78 Å². The molecule has 1 aromatic carbocycles. The summed E-state index contributed by atoms with van der Waals surface area (Å²) in [5.41, 5.74) is -3.30. The van der Waals surface area contributed by atoms with Crippen molar-refractivity contribution in [3.63, 3.8) is 0 Å². The highest BCUT2D eigenvalue weighted by molar-refractivity contribution is 5.30. The predicted molar refractivity (Wildman–Crippen MR) is 83.8 cm³/mol. The molecule has 0 aliphatic rings. The molecule has 1 nitrogen and oxygen atoms in total. The molecule has 0 N–H and O–H groups in total. The van der Waals surface area contributed by atoms with Gasteiger partial charge in [-0.05, 0) is 19.3 Å². The monoisotopic (exact) mass is 388 g/mol. The summed E-state index contributed by atoms with van der Waals surface area (Å²) in [4.78, 5) is 0. The lowest BCUT2D eigenvalue weighted by Crippen LogP contribution is -2.53. The van der Waals surface area contributed by atoms with Crippen molar-refractivity contribution in [3.05, 3.63) is 29.1 Å². The number of halogens is 7. The molecule has 150 valence electrons.